The zero-order valence-electron chi connectivity index (χ0n) is 11.3. The first kappa shape index (κ1) is 13.3. The third-order valence-corrected chi connectivity index (χ3v) is 3.60. The molecule has 1 fully saturated rings. The quantitative estimate of drug-likeness (QED) is 0.932. The van der Waals surface area contributed by atoms with Gasteiger partial charge in [0.15, 0.2) is 0 Å². The molecule has 1 saturated heterocycles. The molecule has 2 aromatic rings. The lowest BCUT2D eigenvalue weighted by molar-refractivity contribution is -0.250. The molecule has 1 aliphatic heterocycles. The molecular formula is C17H18O3. The van der Waals surface area contributed by atoms with E-state index < -0.39 is 5.79 Å². The Labute approximate surface area is 118 Å². The molecule has 0 aliphatic carbocycles. The van der Waals surface area contributed by atoms with Gasteiger partial charge in [0.2, 0.25) is 5.79 Å². The summed E-state index contributed by atoms with van der Waals surface area (Å²) in [5, 5.41) is 9.60. The summed E-state index contributed by atoms with van der Waals surface area (Å²) in [7, 11) is 0. The van der Waals surface area contributed by atoms with E-state index in [2.05, 4.69) is 0 Å². The van der Waals surface area contributed by atoms with E-state index in [0.717, 1.165) is 23.1 Å². The van der Waals surface area contributed by atoms with Crippen LogP contribution >= 0.6 is 0 Å². The summed E-state index contributed by atoms with van der Waals surface area (Å²) in [6, 6.07) is 17.6. The average Bonchev–Trinajstić information content (AvgIpc) is 2.56. The summed E-state index contributed by atoms with van der Waals surface area (Å²) >= 11 is 0. The van der Waals surface area contributed by atoms with Crippen LogP contribution in [0.25, 0.3) is 0 Å². The van der Waals surface area contributed by atoms with Gasteiger partial charge in [0, 0.05) is 11.1 Å². The lowest BCUT2D eigenvalue weighted by Gasteiger charge is -2.39. The van der Waals surface area contributed by atoms with Crippen LogP contribution in [0.4, 0.5) is 0 Å². The largest absolute Gasteiger partial charge is 0.392 e. The number of ether oxygens (including phenoxy) is 2. The Kier molecular flexibility index (Phi) is 3.83. The molecule has 1 heterocycles. The predicted octanol–water partition coefficient (Wildman–Crippen LogP) is 2.82. The standard InChI is InChI=1S/C17H18O3/c18-13-14-7-4-5-10-16(14)17(19-11-6-12-20-17)15-8-2-1-3-9-15/h1-5,7-10,18H,6,11-13H2. The zero-order chi connectivity index (χ0) is 13.8. The van der Waals surface area contributed by atoms with Crippen molar-refractivity contribution in [3.63, 3.8) is 0 Å². The summed E-state index contributed by atoms with van der Waals surface area (Å²) in [6.07, 6.45) is 0.885. The van der Waals surface area contributed by atoms with E-state index >= 15 is 0 Å². The summed E-state index contributed by atoms with van der Waals surface area (Å²) < 4.78 is 12.1. The minimum absolute atomic E-state index is 0.0303. The number of hydrogen-bond acceptors (Lipinski definition) is 3. The summed E-state index contributed by atoms with van der Waals surface area (Å²) in [6.45, 7) is 1.26. The maximum atomic E-state index is 9.60. The normalized spacial score (nSPS) is 17.9. The van der Waals surface area contributed by atoms with Crippen molar-refractivity contribution in [2.75, 3.05) is 13.2 Å². The van der Waals surface area contributed by atoms with Crippen LogP contribution in [0.2, 0.25) is 0 Å². The van der Waals surface area contributed by atoms with Gasteiger partial charge >= 0.3 is 0 Å². The first-order chi connectivity index (χ1) is 9.87. The molecule has 0 saturated carbocycles. The van der Waals surface area contributed by atoms with Crippen molar-refractivity contribution in [1.82, 2.24) is 0 Å². The van der Waals surface area contributed by atoms with E-state index in [1.807, 2.05) is 54.6 Å². The fraction of sp³-hybridized carbons (Fsp3) is 0.294. The van der Waals surface area contributed by atoms with Crippen molar-refractivity contribution in [2.45, 2.75) is 18.8 Å². The highest BCUT2D eigenvalue weighted by Crippen LogP contribution is 2.39. The molecule has 0 aromatic heterocycles. The van der Waals surface area contributed by atoms with Gasteiger partial charge in [-0.1, -0.05) is 54.6 Å². The van der Waals surface area contributed by atoms with Crippen LogP contribution < -0.4 is 0 Å². The topological polar surface area (TPSA) is 38.7 Å². The van der Waals surface area contributed by atoms with Gasteiger partial charge in [-0.2, -0.15) is 0 Å². The van der Waals surface area contributed by atoms with Gasteiger partial charge in [-0.05, 0) is 12.0 Å². The van der Waals surface area contributed by atoms with Crippen LogP contribution in [-0.4, -0.2) is 18.3 Å². The number of rotatable bonds is 3. The molecule has 3 rings (SSSR count). The molecule has 0 bridgehead atoms. The van der Waals surface area contributed by atoms with Gasteiger partial charge in [0.05, 0.1) is 19.8 Å². The van der Waals surface area contributed by atoms with Gasteiger partial charge in [-0.15, -0.1) is 0 Å². The van der Waals surface area contributed by atoms with E-state index in [9.17, 15) is 5.11 Å². The van der Waals surface area contributed by atoms with Crippen molar-refractivity contribution in [1.29, 1.82) is 0 Å². The summed E-state index contributed by atoms with van der Waals surface area (Å²) in [5.74, 6) is -0.904. The van der Waals surface area contributed by atoms with E-state index in [1.165, 1.54) is 0 Å². The summed E-state index contributed by atoms with van der Waals surface area (Å²) in [5.41, 5.74) is 2.67. The molecule has 0 amide bonds. The second-order valence-corrected chi connectivity index (χ2v) is 4.85. The second kappa shape index (κ2) is 5.75. The first-order valence-corrected chi connectivity index (χ1v) is 6.89. The molecule has 2 aromatic carbocycles. The molecule has 20 heavy (non-hydrogen) atoms. The van der Waals surface area contributed by atoms with E-state index in [0.29, 0.717) is 13.2 Å². The molecule has 0 atom stereocenters. The highest BCUT2D eigenvalue weighted by Gasteiger charge is 2.40. The molecule has 3 heteroatoms. The van der Waals surface area contributed by atoms with Gasteiger partial charge < -0.3 is 14.6 Å². The highest BCUT2D eigenvalue weighted by molar-refractivity contribution is 5.39. The average molecular weight is 270 g/mol. The first-order valence-electron chi connectivity index (χ1n) is 6.89. The van der Waals surface area contributed by atoms with Gasteiger partial charge in [-0.3, -0.25) is 0 Å². The monoisotopic (exact) mass is 270 g/mol. The van der Waals surface area contributed by atoms with Crippen LogP contribution in [0.5, 0.6) is 0 Å². The zero-order valence-corrected chi connectivity index (χ0v) is 11.3. The Hall–Kier alpha value is -1.68. The third-order valence-electron chi connectivity index (χ3n) is 3.60. The minimum Gasteiger partial charge on any atom is -0.392 e. The molecule has 1 aliphatic rings. The van der Waals surface area contributed by atoms with Crippen LogP contribution in [-0.2, 0) is 21.9 Å². The van der Waals surface area contributed by atoms with Gasteiger partial charge in [-0.25, -0.2) is 0 Å². The molecule has 0 radical (unpaired) electrons. The fourth-order valence-corrected chi connectivity index (χ4v) is 2.65. The molecule has 104 valence electrons. The van der Waals surface area contributed by atoms with Crippen LogP contribution in [0, 0.1) is 0 Å². The lowest BCUT2D eigenvalue weighted by Crippen LogP contribution is -2.39. The van der Waals surface area contributed by atoms with Crippen LogP contribution in [0.3, 0.4) is 0 Å². The number of aliphatic hydroxyl groups is 1. The Morgan fingerprint density at radius 3 is 2.25 bits per heavy atom. The molecule has 1 N–H and O–H groups in total. The maximum absolute atomic E-state index is 9.60. The Morgan fingerprint density at radius 2 is 1.55 bits per heavy atom. The molecule has 0 unspecified atom stereocenters. The smallest absolute Gasteiger partial charge is 0.222 e. The SMILES string of the molecule is OCc1ccccc1C1(c2ccccc2)OCCCO1. The number of benzene rings is 2. The highest BCUT2D eigenvalue weighted by atomic mass is 16.7. The van der Waals surface area contributed by atoms with Crippen molar-refractivity contribution in [2.24, 2.45) is 0 Å². The lowest BCUT2D eigenvalue weighted by atomic mass is 9.92. The Bertz CT molecular complexity index is 559. The van der Waals surface area contributed by atoms with E-state index in [-0.39, 0.29) is 6.61 Å². The Morgan fingerprint density at radius 1 is 0.900 bits per heavy atom. The third kappa shape index (κ3) is 2.24. The van der Waals surface area contributed by atoms with Crippen molar-refractivity contribution in [3.8, 4) is 0 Å². The molecular weight excluding hydrogens is 252 g/mol. The van der Waals surface area contributed by atoms with Gasteiger partial charge in [0.25, 0.3) is 0 Å². The predicted molar refractivity (Wildman–Crippen MR) is 76.1 cm³/mol. The van der Waals surface area contributed by atoms with Crippen molar-refractivity contribution >= 4 is 0 Å². The number of hydrogen-bond donors (Lipinski definition) is 1. The molecule has 0 spiro atoms. The second-order valence-electron chi connectivity index (χ2n) is 4.85. The number of aliphatic hydroxyl groups excluding tert-OH is 1. The van der Waals surface area contributed by atoms with E-state index in [4.69, 9.17) is 9.47 Å². The van der Waals surface area contributed by atoms with Crippen molar-refractivity contribution < 1.29 is 14.6 Å². The van der Waals surface area contributed by atoms with Crippen LogP contribution in [0.1, 0.15) is 23.1 Å². The van der Waals surface area contributed by atoms with Crippen molar-refractivity contribution in [3.05, 3.63) is 71.3 Å². The maximum Gasteiger partial charge on any atom is 0.222 e. The van der Waals surface area contributed by atoms with Gasteiger partial charge in [0.1, 0.15) is 0 Å². The molecule has 3 nitrogen and oxygen atoms in total. The van der Waals surface area contributed by atoms with E-state index in [1.54, 1.807) is 0 Å². The fourth-order valence-electron chi connectivity index (χ4n) is 2.65. The Balaban J connectivity index is 2.15. The minimum atomic E-state index is -0.904. The summed E-state index contributed by atoms with van der Waals surface area (Å²) in [4.78, 5) is 0. The van der Waals surface area contributed by atoms with Crippen LogP contribution in [0.15, 0.2) is 54.6 Å².